The molecule has 0 bridgehead atoms. The van der Waals surface area contributed by atoms with Gasteiger partial charge in [-0.15, -0.1) is 0 Å². The van der Waals surface area contributed by atoms with Crippen LogP contribution in [0, 0.1) is 5.92 Å². The number of rotatable bonds is 5. The fourth-order valence-corrected chi connectivity index (χ4v) is 3.07. The van der Waals surface area contributed by atoms with E-state index in [2.05, 4.69) is 47.4 Å². The SMILES string of the molecule is CCc1ccc(CNC(=O)C2CNNC2c2ccc(Cl)cc2)cc1. The predicted molar refractivity (Wildman–Crippen MR) is 96.5 cm³/mol. The fourth-order valence-electron chi connectivity index (χ4n) is 2.94. The molecule has 126 valence electrons. The Balaban J connectivity index is 1.61. The van der Waals surface area contributed by atoms with Gasteiger partial charge in [0.1, 0.15) is 0 Å². The zero-order chi connectivity index (χ0) is 16.9. The van der Waals surface area contributed by atoms with E-state index in [1.807, 2.05) is 24.3 Å². The minimum Gasteiger partial charge on any atom is -0.352 e. The van der Waals surface area contributed by atoms with Gasteiger partial charge in [0.2, 0.25) is 5.91 Å². The molecule has 4 nitrogen and oxygen atoms in total. The minimum atomic E-state index is -0.152. The van der Waals surface area contributed by atoms with Crippen molar-refractivity contribution >= 4 is 17.5 Å². The number of carbonyl (C=O) groups excluding carboxylic acids is 1. The van der Waals surface area contributed by atoms with Crippen LogP contribution in [0.3, 0.4) is 0 Å². The largest absolute Gasteiger partial charge is 0.352 e. The molecule has 3 rings (SSSR count). The summed E-state index contributed by atoms with van der Waals surface area (Å²) < 4.78 is 0. The molecular formula is C19H22ClN3O. The average Bonchev–Trinajstić information content (AvgIpc) is 3.10. The normalized spacial score (nSPS) is 20.1. The Bertz CT molecular complexity index is 685. The van der Waals surface area contributed by atoms with Crippen molar-refractivity contribution in [3.05, 3.63) is 70.2 Å². The molecule has 0 aromatic heterocycles. The van der Waals surface area contributed by atoms with Gasteiger partial charge in [0.05, 0.1) is 12.0 Å². The van der Waals surface area contributed by atoms with Crippen LogP contribution in [0.5, 0.6) is 0 Å². The van der Waals surface area contributed by atoms with Gasteiger partial charge in [0.15, 0.2) is 0 Å². The van der Waals surface area contributed by atoms with Crippen molar-refractivity contribution in [2.75, 3.05) is 6.54 Å². The molecular weight excluding hydrogens is 322 g/mol. The van der Waals surface area contributed by atoms with E-state index in [1.54, 1.807) is 0 Å². The molecule has 0 aliphatic carbocycles. The van der Waals surface area contributed by atoms with E-state index in [0.717, 1.165) is 17.5 Å². The first-order valence-corrected chi connectivity index (χ1v) is 8.64. The first kappa shape index (κ1) is 17.0. The van der Waals surface area contributed by atoms with E-state index in [0.29, 0.717) is 18.1 Å². The summed E-state index contributed by atoms with van der Waals surface area (Å²) in [5.74, 6) is -0.104. The van der Waals surface area contributed by atoms with Crippen LogP contribution in [0.25, 0.3) is 0 Å². The third-order valence-corrected chi connectivity index (χ3v) is 4.70. The highest BCUT2D eigenvalue weighted by molar-refractivity contribution is 6.30. The molecule has 2 atom stereocenters. The van der Waals surface area contributed by atoms with Crippen LogP contribution in [0.2, 0.25) is 5.02 Å². The van der Waals surface area contributed by atoms with Gasteiger partial charge in [-0.2, -0.15) is 0 Å². The second-order valence-corrected chi connectivity index (χ2v) is 6.49. The number of hydrogen-bond acceptors (Lipinski definition) is 3. The lowest BCUT2D eigenvalue weighted by molar-refractivity contribution is -0.125. The zero-order valence-electron chi connectivity index (χ0n) is 13.7. The molecule has 0 radical (unpaired) electrons. The van der Waals surface area contributed by atoms with Gasteiger partial charge in [0.25, 0.3) is 0 Å². The van der Waals surface area contributed by atoms with Crippen LogP contribution in [-0.2, 0) is 17.8 Å². The van der Waals surface area contributed by atoms with Crippen LogP contribution in [0.15, 0.2) is 48.5 Å². The second-order valence-electron chi connectivity index (χ2n) is 6.05. The molecule has 1 heterocycles. The van der Waals surface area contributed by atoms with Crippen LogP contribution < -0.4 is 16.2 Å². The Kier molecular flexibility index (Phi) is 5.51. The number of hydrazine groups is 1. The lowest BCUT2D eigenvalue weighted by atomic mass is 9.94. The summed E-state index contributed by atoms with van der Waals surface area (Å²) in [5, 5.41) is 3.74. The molecule has 2 aromatic rings. The Hall–Kier alpha value is -1.88. The van der Waals surface area contributed by atoms with Gasteiger partial charge in [-0.05, 0) is 35.2 Å². The smallest absolute Gasteiger partial charge is 0.226 e. The van der Waals surface area contributed by atoms with Crippen molar-refractivity contribution in [2.45, 2.75) is 25.9 Å². The first-order chi connectivity index (χ1) is 11.7. The summed E-state index contributed by atoms with van der Waals surface area (Å²) in [5.41, 5.74) is 9.74. The summed E-state index contributed by atoms with van der Waals surface area (Å²) in [6, 6.07) is 15.9. The topological polar surface area (TPSA) is 53.2 Å². The van der Waals surface area contributed by atoms with E-state index in [-0.39, 0.29) is 17.9 Å². The maximum Gasteiger partial charge on any atom is 0.226 e. The molecule has 24 heavy (non-hydrogen) atoms. The number of amides is 1. The molecule has 1 fully saturated rings. The quantitative estimate of drug-likeness (QED) is 0.782. The summed E-state index contributed by atoms with van der Waals surface area (Å²) in [6.45, 7) is 3.29. The summed E-state index contributed by atoms with van der Waals surface area (Å²) in [6.07, 6.45) is 1.02. The van der Waals surface area contributed by atoms with Crippen molar-refractivity contribution in [1.29, 1.82) is 0 Å². The highest BCUT2D eigenvalue weighted by Crippen LogP contribution is 2.26. The van der Waals surface area contributed by atoms with E-state index >= 15 is 0 Å². The molecule has 5 heteroatoms. The van der Waals surface area contributed by atoms with E-state index in [9.17, 15) is 4.79 Å². The Morgan fingerprint density at radius 3 is 2.46 bits per heavy atom. The standard InChI is InChI=1S/C19H22ClN3O/c1-2-13-3-5-14(6-4-13)11-21-19(24)17-12-22-23-18(17)15-7-9-16(20)10-8-15/h3-10,17-18,22-23H,2,11-12H2,1H3,(H,21,24). The van der Waals surface area contributed by atoms with Gasteiger partial charge in [-0.25, -0.2) is 5.43 Å². The molecule has 1 saturated heterocycles. The van der Waals surface area contributed by atoms with E-state index in [1.165, 1.54) is 5.56 Å². The average molecular weight is 344 g/mol. The zero-order valence-corrected chi connectivity index (χ0v) is 14.4. The number of nitrogens with one attached hydrogen (secondary N) is 3. The van der Waals surface area contributed by atoms with Gasteiger partial charge in [-0.3, -0.25) is 10.2 Å². The first-order valence-electron chi connectivity index (χ1n) is 8.26. The third-order valence-electron chi connectivity index (χ3n) is 4.45. The summed E-state index contributed by atoms with van der Waals surface area (Å²) in [7, 11) is 0. The highest BCUT2D eigenvalue weighted by atomic mass is 35.5. The number of hydrogen-bond donors (Lipinski definition) is 3. The lowest BCUT2D eigenvalue weighted by Crippen LogP contribution is -2.34. The second kappa shape index (κ2) is 7.79. The van der Waals surface area contributed by atoms with E-state index < -0.39 is 0 Å². The summed E-state index contributed by atoms with van der Waals surface area (Å²) >= 11 is 5.94. The molecule has 2 aromatic carbocycles. The van der Waals surface area contributed by atoms with Crippen molar-refractivity contribution in [3.63, 3.8) is 0 Å². The molecule has 1 aliphatic heterocycles. The molecule has 2 unspecified atom stereocenters. The minimum absolute atomic E-state index is 0.0482. The number of benzene rings is 2. The number of halogens is 1. The number of carbonyl (C=O) groups is 1. The van der Waals surface area contributed by atoms with Crippen molar-refractivity contribution in [1.82, 2.24) is 16.2 Å². The Morgan fingerprint density at radius 1 is 1.12 bits per heavy atom. The third kappa shape index (κ3) is 3.96. The summed E-state index contributed by atoms with van der Waals surface area (Å²) in [4.78, 5) is 12.6. The molecule has 1 aliphatic rings. The maximum atomic E-state index is 12.6. The van der Waals surface area contributed by atoms with Crippen LogP contribution in [-0.4, -0.2) is 12.5 Å². The Labute approximate surface area is 147 Å². The van der Waals surface area contributed by atoms with Crippen molar-refractivity contribution in [3.8, 4) is 0 Å². The molecule has 1 amide bonds. The molecule has 3 N–H and O–H groups in total. The monoisotopic (exact) mass is 343 g/mol. The van der Waals surface area contributed by atoms with Crippen LogP contribution in [0.1, 0.15) is 29.7 Å². The predicted octanol–water partition coefficient (Wildman–Crippen LogP) is 2.98. The van der Waals surface area contributed by atoms with Crippen LogP contribution in [0.4, 0.5) is 0 Å². The number of aryl methyl sites for hydroxylation is 1. The maximum absolute atomic E-state index is 12.6. The Morgan fingerprint density at radius 2 is 1.79 bits per heavy atom. The van der Waals surface area contributed by atoms with Gasteiger partial charge in [-0.1, -0.05) is 54.9 Å². The fraction of sp³-hybridized carbons (Fsp3) is 0.316. The van der Waals surface area contributed by atoms with Gasteiger partial charge < -0.3 is 5.32 Å². The van der Waals surface area contributed by atoms with Gasteiger partial charge in [0, 0.05) is 18.1 Å². The highest BCUT2D eigenvalue weighted by Gasteiger charge is 2.33. The van der Waals surface area contributed by atoms with Crippen molar-refractivity contribution in [2.24, 2.45) is 5.92 Å². The van der Waals surface area contributed by atoms with E-state index in [4.69, 9.17) is 11.6 Å². The van der Waals surface area contributed by atoms with Gasteiger partial charge >= 0.3 is 0 Å². The molecule has 0 spiro atoms. The van der Waals surface area contributed by atoms with Crippen molar-refractivity contribution < 1.29 is 4.79 Å². The van der Waals surface area contributed by atoms with Crippen LogP contribution >= 0.6 is 11.6 Å². The lowest BCUT2D eigenvalue weighted by Gasteiger charge is -2.18. The molecule has 0 saturated carbocycles.